The fraction of sp³-hybridized carbons (Fsp3) is 0.533. The maximum atomic E-state index is 6.02. The van der Waals surface area contributed by atoms with Gasteiger partial charge in [0.05, 0.1) is 6.54 Å². The van der Waals surface area contributed by atoms with Gasteiger partial charge in [-0.05, 0) is 52.0 Å². The lowest BCUT2D eigenvalue weighted by molar-refractivity contribution is 0.457. The number of hydrogen-bond acceptors (Lipinski definition) is 2. The van der Waals surface area contributed by atoms with E-state index in [1.54, 1.807) is 0 Å². The van der Waals surface area contributed by atoms with E-state index in [-0.39, 0.29) is 4.75 Å². The lowest BCUT2D eigenvalue weighted by atomic mass is 10.2. The Morgan fingerprint density at radius 3 is 2.30 bits per heavy atom. The molecule has 0 aliphatic rings. The number of halogens is 1. The Morgan fingerprint density at radius 2 is 1.80 bits per heavy atom. The summed E-state index contributed by atoms with van der Waals surface area (Å²) in [5.41, 5.74) is 6.02. The number of benzene rings is 1. The number of aliphatic imine (C=N–C) groups is 1. The molecule has 1 aromatic carbocycles. The second-order valence-corrected chi connectivity index (χ2v) is 7.86. The standard InChI is InChI=1S/C15H24BrN3S/c1-5-19(6-2)14(17)18-11-15(3,4)20-13-9-7-12(16)8-10-13/h7-10H,5-6,11H2,1-4H3,(H2,17,18). The van der Waals surface area contributed by atoms with E-state index in [1.807, 2.05) is 11.8 Å². The summed E-state index contributed by atoms with van der Waals surface area (Å²) in [6.45, 7) is 11.1. The van der Waals surface area contributed by atoms with Crippen molar-refractivity contribution in [2.45, 2.75) is 37.3 Å². The molecular formula is C15H24BrN3S. The summed E-state index contributed by atoms with van der Waals surface area (Å²) in [5, 5.41) is 0. The first kappa shape index (κ1) is 17.4. The zero-order valence-electron chi connectivity index (χ0n) is 12.7. The van der Waals surface area contributed by atoms with Gasteiger partial charge in [0.1, 0.15) is 0 Å². The van der Waals surface area contributed by atoms with E-state index in [9.17, 15) is 0 Å². The highest BCUT2D eigenvalue weighted by Gasteiger charge is 2.19. The molecule has 0 spiro atoms. The van der Waals surface area contributed by atoms with Gasteiger partial charge in [0, 0.05) is 27.2 Å². The molecule has 5 heteroatoms. The number of rotatable bonds is 6. The molecule has 0 aliphatic carbocycles. The third-order valence-electron chi connectivity index (χ3n) is 2.92. The van der Waals surface area contributed by atoms with Crippen LogP contribution >= 0.6 is 27.7 Å². The summed E-state index contributed by atoms with van der Waals surface area (Å²) in [6.07, 6.45) is 0. The van der Waals surface area contributed by atoms with Gasteiger partial charge < -0.3 is 10.6 Å². The molecule has 1 rings (SSSR count). The van der Waals surface area contributed by atoms with Gasteiger partial charge in [0.15, 0.2) is 5.96 Å². The highest BCUT2D eigenvalue weighted by molar-refractivity contribution is 9.10. The average Bonchev–Trinajstić information content (AvgIpc) is 2.40. The largest absolute Gasteiger partial charge is 0.370 e. The van der Waals surface area contributed by atoms with Crippen molar-refractivity contribution in [3.05, 3.63) is 28.7 Å². The van der Waals surface area contributed by atoms with Crippen LogP contribution in [-0.2, 0) is 0 Å². The van der Waals surface area contributed by atoms with E-state index < -0.39 is 0 Å². The van der Waals surface area contributed by atoms with Crippen LogP contribution in [0.4, 0.5) is 0 Å². The molecule has 0 unspecified atom stereocenters. The number of nitrogens with zero attached hydrogens (tertiary/aromatic N) is 2. The van der Waals surface area contributed by atoms with Gasteiger partial charge >= 0.3 is 0 Å². The zero-order valence-corrected chi connectivity index (χ0v) is 15.1. The minimum atomic E-state index is 0.0194. The van der Waals surface area contributed by atoms with E-state index in [1.165, 1.54) is 4.90 Å². The van der Waals surface area contributed by atoms with Crippen LogP contribution in [0.5, 0.6) is 0 Å². The van der Waals surface area contributed by atoms with Gasteiger partial charge in [-0.3, -0.25) is 4.99 Å². The third kappa shape index (κ3) is 5.75. The van der Waals surface area contributed by atoms with E-state index in [0.717, 1.165) is 17.6 Å². The van der Waals surface area contributed by atoms with Crippen LogP contribution in [-0.4, -0.2) is 35.2 Å². The van der Waals surface area contributed by atoms with E-state index in [0.29, 0.717) is 12.5 Å². The van der Waals surface area contributed by atoms with Gasteiger partial charge in [-0.25, -0.2) is 0 Å². The van der Waals surface area contributed by atoms with Gasteiger partial charge in [-0.2, -0.15) is 0 Å². The summed E-state index contributed by atoms with van der Waals surface area (Å²) in [7, 11) is 0. The molecule has 20 heavy (non-hydrogen) atoms. The smallest absolute Gasteiger partial charge is 0.191 e. The molecule has 0 saturated heterocycles. The predicted molar refractivity (Wildman–Crippen MR) is 93.5 cm³/mol. The normalized spacial score (nSPS) is 12.6. The Hall–Kier alpha value is -0.680. The Kier molecular flexibility index (Phi) is 6.89. The van der Waals surface area contributed by atoms with Gasteiger partial charge in [-0.1, -0.05) is 15.9 Å². The van der Waals surface area contributed by atoms with Crippen LogP contribution in [0.1, 0.15) is 27.7 Å². The SMILES string of the molecule is CCN(CC)C(N)=NCC(C)(C)Sc1ccc(Br)cc1. The van der Waals surface area contributed by atoms with Gasteiger partial charge in [-0.15, -0.1) is 11.8 Å². The lowest BCUT2D eigenvalue weighted by Crippen LogP contribution is -2.38. The highest BCUT2D eigenvalue weighted by Crippen LogP contribution is 2.33. The van der Waals surface area contributed by atoms with Crippen LogP contribution in [0.3, 0.4) is 0 Å². The number of nitrogens with two attached hydrogens (primary N) is 1. The summed E-state index contributed by atoms with van der Waals surface area (Å²) in [5.74, 6) is 0.638. The first-order valence-electron chi connectivity index (χ1n) is 6.87. The lowest BCUT2D eigenvalue weighted by Gasteiger charge is -2.24. The Labute approximate surface area is 135 Å². The van der Waals surface area contributed by atoms with Crippen LogP contribution < -0.4 is 5.73 Å². The van der Waals surface area contributed by atoms with E-state index in [4.69, 9.17) is 5.73 Å². The molecule has 0 atom stereocenters. The second kappa shape index (κ2) is 7.93. The van der Waals surface area contributed by atoms with Crippen LogP contribution in [0, 0.1) is 0 Å². The Balaban J connectivity index is 2.65. The molecule has 0 bridgehead atoms. The molecule has 0 fully saturated rings. The molecule has 1 aromatic rings. The second-order valence-electron chi connectivity index (χ2n) is 5.16. The minimum absolute atomic E-state index is 0.0194. The summed E-state index contributed by atoms with van der Waals surface area (Å²) in [6, 6.07) is 8.36. The monoisotopic (exact) mass is 357 g/mol. The van der Waals surface area contributed by atoms with Crippen LogP contribution in [0.2, 0.25) is 0 Å². The number of hydrogen-bond donors (Lipinski definition) is 1. The van der Waals surface area contributed by atoms with Crippen molar-refractivity contribution < 1.29 is 0 Å². The van der Waals surface area contributed by atoms with Crippen molar-refractivity contribution in [3.63, 3.8) is 0 Å². The molecule has 0 aromatic heterocycles. The average molecular weight is 358 g/mol. The molecule has 3 nitrogen and oxygen atoms in total. The Morgan fingerprint density at radius 1 is 1.25 bits per heavy atom. The van der Waals surface area contributed by atoms with Crippen molar-refractivity contribution in [1.29, 1.82) is 0 Å². The highest BCUT2D eigenvalue weighted by atomic mass is 79.9. The van der Waals surface area contributed by atoms with E-state index in [2.05, 4.69) is 77.8 Å². The summed E-state index contributed by atoms with van der Waals surface area (Å²) in [4.78, 5) is 7.86. The number of guanidine groups is 1. The molecule has 0 amide bonds. The maximum Gasteiger partial charge on any atom is 0.191 e. The molecular weight excluding hydrogens is 334 g/mol. The zero-order chi connectivity index (χ0) is 15.2. The molecule has 0 heterocycles. The molecule has 0 saturated carbocycles. The molecule has 0 aliphatic heterocycles. The first-order chi connectivity index (χ1) is 9.38. The van der Waals surface area contributed by atoms with Gasteiger partial charge in [0.2, 0.25) is 0 Å². The third-order valence-corrected chi connectivity index (χ3v) is 4.64. The number of thioether (sulfide) groups is 1. The summed E-state index contributed by atoms with van der Waals surface area (Å²) < 4.78 is 1.12. The summed E-state index contributed by atoms with van der Waals surface area (Å²) >= 11 is 5.27. The van der Waals surface area contributed by atoms with Crippen molar-refractivity contribution in [1.82, 2.24) is 4.90 Å². The van der Waals surface area contributed by atoms with Crippen molar-refractivity contribution in [2.75, 3.05) is 19.6 Å². The van der Waals surface area contributed by atoms with Gasteiger partial charge in [0.25, 0.3) is 0 Å². The Bertz CT molecular complexity index is 439. The molecule has 0 radical (unpaired) electrons. The minimum Gasteiger partial charge on any atom is -0.370 e. The van der Waals surface area contributed by atoms with Crippen molar-refractivity contribution in [3.8, 4) is 0 Å². The maximum absolute atomic E-state index is 6.02. The fourth-order valence-corrected chi connectivity index (χ4v) is 3.08. The molecule has 112 valence electrons. The fourth-order valence-electron chi connectivity index (χ4n) is 1.77. The predicted octanol–water partition coefficient (Wildman–Crippen LogP) is 3.98. The molecule has 2 N–H and O–H groups in total. The van der Waals surface area contributed by atoms with Crippen LogP contribution in [0.25, 0.3) is 0 Å². The van der Waals surface area contributed by atoms with Crippen molar-refractivity contribution >= 4 is 33.7 Å². The first-order valence-corrected chi connectivity index (χ1v) is 8.48. The van der Waals surface area contributed by atoms with E-state index >= 15 is 0 Å². The topological polar surface area (TPSA) is 41.6 Å². The quantitative estimate of drug-likeness (QED) is 0.475. The van der Waals surface area contributed by atoms with Crippen LogP contribution in [0.15, 0.2) is 38.6 Å². The van der Waals surface area contributed by atoms with Crippen molar-refractivity contribution in [2.24, 2.45) is 10.7 Å².